The quantitative estimate of drug-likeness (QED) is 0.371. The van der Waals surface area contributed by atoms with Crippen molar-refractivity contribution in [3.63, 3.8) is 0 Å². The average Bonchev–Trinajstić information content (AvgIpc) is 3.35. The first kappa shape index (κ1) is 20.5. The molecule has 0 bridgehead atoms. The zero-order chi connectivity index (χ0) is 21.5. The number of carbonyl (C=O) groups excluding carboxylic acids is 1. The van der Waals surface area contributed by atoms with Crippen molar-refractivity contribution >= 4 is 28.7 Å². The van der Waals surface area contributed by atoms with Crippen LogP contribution in [0.5, 0.6) is 0 Å². The Morgan fingerprint density at radius 3 is 2.47 bits per heavy atom. The summed E-state index contributed by atoms with van der Waals surface area (Å²) in [5, 5.41) is 15.7. The molecule has 30 heavy (non-hydrogen) atoms. The highest BCUT2D eigenvalue weighted by molar-refractivity contribution is 7.18. The summed E-state index contributed by atoms with van der Waals surface area (Å²) in [5.41, 5.74) is 2.75. The number of halogens is 1. The van der Waals surface area contributed by atoms with Crippen LogP contribution in [0.15, 0.2) is 66.7 Å². The Morgan fingerprint density at radius 1 is 1.03 bits per heavy atom. The van der Waals surface area contributed by atoms with Crippen LogP contribution >= 0.6 is 22.9 Å². The molecule has 0 aliphatic rings. The lowest BCUT2D eigenvalue weighted by Crippen LogP contribution is -2.16. The molecule has 4 rings (SSSR count). The van der Waals surface area contributed by atoms with Gasteiger partial charge >= 0.3 is 0 Å². The molecule has 0 amide bonds. The largest absolute Gasteiger partial charge is 0.384 e. The molecule has 0 fully saturated rings. The third kappa shape index (κ3) is 3.97. The molecule has 4 nitrogen and oxygen atoms in total. The molecule has 0 radical (unpaired) electrons. The van der Waals surface area contributed by atoms with Crippen LogP contribution in [0.3, 0.4) is 0 Å². The molecule has 0 aliphatic heterocycles. The monoisotopic (exact) mass is 436 g/mol. The van der Waals surface area contributed by atoms with Gasteiger partial charge in [-0.3, -0.25) is 4.79 Å². The third-order valence-electron chi connectivity index (χ3n) is 4.83. The van der Waals surface area contributed by atoms with Crippen LogP contribution in [-0.2, 0) is 5.60 Å². The van der Waals surface area contributed by atoms with E-state index in [-0.39, 0.29) is 5.78 Å². The number of Topliss-reactive ketones (excluding diaryl/α,β-unsaturated/α-hetero) is 1. The summed E-state index contributed by atoms with van der Waals surface area (Å²) < 4.78 is 1.78. The normalized spacial score (nSPS) is 11.6. The summed E-state index contributed by atoms with van der Waals surface area (Å²) in [6, 6.07) is 21.1. The molecule has 0 saturated heterocycles. The van der Waals surface area contributed by atoms with Crippen molar-refractivity contribution < 1.29 is 9.90 Å². The van der Waals surface area contributed by atoms with Gasteiger partial charge in [-0.2, -0.15) is 5.10 Å². The van der Waals surface area contributed by atoms with Crippen LogP contribution in [0.25, 0.3) is 26.7 Å². The number of hydrogen-bond donors (Lipinski definition) is 1. The fraction of sp³-hybridized carbons (Fsp3) is 0.167. The second-order valence-electron chi connectivity index (χ2n) is 7.64. The highest BCUT2D eigenvalue weighted by Gasteiger charge is 2.24. The maximum absolute atomic E-state index is 11.7. The predicted octanol–water partition coefficient (Wildman–Crippen LogP) is 6.35. The molecule has 2 aromatic heterocycles. The smallest absolute Gasteiger partial charge is 0.159 e. The van der Waals surface area contributed by atoms with Gasteiger partial charge in [-0.05, 0) is 62.7 Å². The summed E-state index contributed by atoms with van der Waals surface area (Å²) in [4.78, 5) is 13.8. The van der Waals surface area contributed by atoms with Crippen molar-refractivity contribution in [1.29, 1.82) is 0 Å². The van der Waals surface area contributed by atoms with E-state index in [1.54, 1.807) is 36.8 Å². The van der Waals surface area contributed by atoms with Crippen LogP contribution in [0.1, 0.15) is 36.8 Å². The van der Waals surface area contributed by atoms with Gasteiger partial charge in [-0.25, -0.2) is 4.68 Å². The summed E-state index contributed by atoms with van der Waals surface area (Å²) in [6.45, 7) is 4.99. The fourth-order valence-electron chi connectivity index (χ4n) is 3.18. The van der Waals surface area contributed by atoms with Gasteiger partial charge < -0.3 is 5.11 Å². The lowest BCUT2D eigenvalue weighted by molar-refractivity contribution is 0.0734. The van der Waals surface area contributed by atoms with E-state index in [0.29, 0.717) is 16.3 Å². The molecule has 0 atom stereocenters. The number of rotatable bonds is 5. The molecule has 0 saturated carbocycles. The number of benzene rings is 2. The third-order valence-corrected chi connectivity index (χ3v) is 6.31. The van der Waals surface area contributed by atoms with E-state index in [1.165, 1.54) is 0 Å². The molecule has 0 aliphatic carbocycles. The Balaban J connectivity index is 1.83. The Hall–Kier alpha value is -2.73. The van der Waals surface area contributed by atoms with Gasteiger partial charge in [0.2, 0.25) is 0 Å². The van der Waals surface area contributed by atoms with E-state index < -0.39 is 5.60 Å². The SMILES string of the molecule is CC(=O)c1cccc(-c2ccc(-c3cc(C(C)(C)O)nn3-c3ccccc3Cl)s2)c1. The fourth-order valence-corrected chi connectivity index (χ4v) is 4.40. The molecule has 0 unspecified atom stereocenters. The van der Waals surface area contributed by atoms with Crippen molar-refractivity contribution in [3.8, 4) is 26.7 Å². The molecule has 4 aromatic rings. The second kappa shape index (κ2) is 7.84. The van der Waals surface area contributed by atoms with E-state index in [4.69, 9.17) is 11.6 Å². The van der Waals surface area contributed by atoms with Gasteiger partial charge in [0.1, 0.15) is 5.60 Å². The van der Waals surface area contributed by atoms with Gasteiger partial charge in [0.15, 0.2) is 5.78 Å². The van der Waals surface area contributed by atoms with Crippen LogP contribution in [0, 0.1) is 0 Å². The zero-order valence-electron chi connectivity index (χ0n) is 16.9. The van der Waals surface area contributed by atoms with Crippen LogP contribution in [0.4, 0.5) is 0 Å². The van der Waals surface area contributed by atoms with Gasteiger partial charge in [0, 0.05) is 10.4 Å². The summed E-state index contributed by atoms with van der Waals surface area (Å²) in [6.07, 6.45) is 0. The lowest BCUT2D eigenvalue weighted by Gasteiger charge is -2.13. The lowest BCUT2D eigenvalue weighted by atomic mass is 10.1. The van der Waals surface area contributed by atoms with Crippen molar-refractivity contribution in [2.24, 2.45) is 0 Å². The van der Waals surface area contributed by atoms with Crippen molar-refractivity contribution in [2.45, 2.75) is 26.4 Å². The highest BCUT2D eigenvalue weighted by atomic mass is 35.5. The molecular weight excluding hydrogens is 416 g/mol. The van der Waals surface area contributed by atoms with E-state index in [0.717, 1.165) is 26.7 Å². The number of hydrogen-bond acceptors (Lipinski definition) is 4. The Bertz CT molecular complexity index is 1230. The zero-order valence-corrected chi connectivity index (χ0v) is 18.5. The second-order valence-corrected chi connectivity index (χ2v) is 9.13. The number of ketones is 1. The van der Waals surface area contributed by atoms with E-state index in [1.807, 2.05) is 66.7 Å². The molecule has 2 heterocycles. The maximum atomic E-state index is 11.7. The van der Waals surface area contributed by atoms with E-state index in [2.05, 4.69) is 5.10 Å². The van der Waals surface area contributed by atoms with E-state index >= 15 is 0 Å². The van der Waals surface area contributed by atoms with Crippen molar-refractivity contribution in [2.75, 3.05) is 0 Å². The molecule has 0 spiro atoms. The highest BCUT2D eigenvalue weighted by Crippen LogP contribution is 2.38. The molecular formula is C24H21ClN2O2S. The Morgan fingerprint density at radius 2 is 1.77 bits per heavy atom. The van der Waals surface area contributed by atoms with Crippen molar-refractivity contribution in [1.82, 2.24) is 9.78 Å². The first-order valence-electron chi connectivity index (χ1n) is 9.53. The topological polar surface area (TPSA) is 55.1 Å². The summed E-state index contributed by atoms with van der Waals surface area (Å²) in [7, 11) is 0. The Kier molecular flexibility index (Phi) is 5.36. The van der Waals surface area contributed by atoms with Gasteiger partial charge in [0.25, 0.3) is 0 Å². The number of aromatic nitrogens is 2. The predicted molar refractivity (Wildman–Crippen MR) is 123 cm³/mol. The standard InChI is InChI=1S/C24H21ClN2O2S/c1-15(28)16-7-6-8-17(13-16)21-11-12-22(30-21)20-14-23(24(2,3)29)26-27(20)19-10-5-4-9-18(19)25/h4-14,29H,1-3H3. The van der Waals surface area contributed by atoms with Gasteiger partial charge in [-0.15, -0.1) is 11.3 Å². The minimum Gasteiger partial charge on any atom is -0.384 e. The number of aliphatic hydroxyl groups is 1. The minimum atomic E-state index is -1.09. The molecule has 152 valence electrons. The minimum absolute atomic E-state index is 0.0419. The molecule has 1 N–H and O–H groups in total. The van der Waals surface area contributed by atoms with Crippen LogP contribution in [-0.4, -0.2) is 20.7 Å². The average molecular weight is 437 g/mol. The molecule has 6 heteroatoms. The first-order valence-corrected chi connectivity index (χ1v) is 10.7. The van der Waals surface area contributed by atoms with Crippen LogP contribution < -0.4 is 0 Å². The van der Waals surface area contributed by atoms with Gasteiger partial charge in [-0.1, -0.05) is 41.9 Å². The molecule has 2 aromatic carbocycles. The van der Waals surface area contributed by atoms with Gasteiger partial charge in [0.05, 0.1) is 27.0 Å². The van der Waals surface area contributed by atoms with E-state index in [9.17, 15) is 9.90 Å². The number of carbonyl (C=O) groups is 1. The van der Waals surface area contributed by atoms with Crippen LogP contribution in [0.2, 0.25) is 5.02 Å². The number of thiophene rings is 1. The maximum Gasteiger partial charge on any atom is 0.159 e. The number of para-hydroxylation sites is 1. The first-order chi connectivity index (χ1) is 14.2. The number of nitrogens with zero attached hydrogens (tertiary/aromatic N) is 2. The summed E-state index contributed by atoms with van der Waals surface area (Å²) in [5.74, 6) is 0.0419. The Labute approximate surface area is 184 Å². The summed E-state index contributed by atoms with van der Waals surface area (Å²) >= 11 is 8.04. The van der Waals surface area contributed by atoms with Crippen molar-refractivity contribution in [3.05, 3.63) is 83.0 Å².